The van der Waals surface area contributed by atoms with Crippen molar-refractivity contribution in [1.29, 1.82) is 0 Å². The molecule has 0 bridgehead atoms. The number of carbonyl (C=O) groups is 2. The van der Waals surface area contributed by atoms with Crippen molar-refractivity contribution in [3.8, 4) is 0 Å². The molecule has 0 aromatic heterocycles. The van der Waals surface area contributed by atoms with Gasteiger partial charge in [-0.3, -0.25) is 4.79 Å². The standard InChI is InChI=1S/C16H9ClO3/c17-11-7-5-10(6-8-11)14(18)9-15-12-3-1-2-4-13(12)16(19)20-15/h1-9H/b15-9+. The maximum Gasteiger partial charge on any atom is 0.344 e. The normalized spacial score (nSPS) is 15.1. The number of fused-ring (bicyclic) bond motifs is 1. The third kappa shape index (κ3) is 2.24. The van der Waals surface area contributed by atoms with Crippen LogP contribution in [0.1, 0.15) is 26.3 Å². The number of hydrogen-bond donors (Lipinski definition) is 0. The molecule has 0 atom stereocenters. The third-order valence-electron chi connectivity index (χ3n) is 3.01. The first-order valence-electron chi connectivity index (χ1n) is 5.98. The van der Waals surface area contributed by atoms with E-state index in [9.17, 15) is 9.59 Å². The van der Waals surface area contributed by atoms with Crippen molar-refractivity contribution >= 4 is 29.1 Å². The van der Waals surface area contributed by atoms with Crippen molar-refractivity contribution in [2.24, 2.45) is 0 Å². The summed E-state index contributed by atoms with van der Waals surface area (Å²) in [7, 11) is 0. The number of ketones is 1. The Balaban J connectivity index is 1.96. The highest BCUT2D eigenvalue weighted by Gasteiger charge is 2.26. The summed E-state index contributed by atoms with van der Waals surface area (Å²) in [5.74, 6) is -0.387. The highest BCUT2D eigenvalue weighted by molar-refractivity contribution is 6.30. The van der Waals surface area contributed by atoms with Gasteiger partial charge in [0, 0.05) is 22.2 Å². The number of hydrogen-bond acceptors (Lipinski definition) is 3. The lowest BCUT2D eigenvalue weighted by Crippen LogP contribution is -1.96. The Labute approximate surface area is 120 Å². The Hall–Kier alpha value is -2.39. The van der Waals surface area contributed by atoms with Crippen LogP contribution < -0.4 is 0 Å². The number of cyclic esters (lactones) is 1. The van der Waals surface area contributed by atoms with Gasteiger partial charge in [0.1, 0.15) is 5.76 Å². The van der Waals surface area contributed by atoms with Crippen LogP contribution in [0, 0.1) is 0 Å². The first-order chi connectivity index (χ1) is 9.65. The van der Waals surface area contributed by atoms with E-state index in [1.54, 1.807) is 48.5 Å². The van der Waals surface area contributed by atoms with Gasteiger partial charge in [-0.2, -0.15) is 0 Å². The van der Waals surface area contributed by atoms with E-state index < -0.39 is 5.97 Å². The van der Waals surface area contributed by atoms with E-state index in [0.29, 0.717) is 21.7 Å². The second kappa shape index (κ2) is 4.94. The van der Waals surface area contributed by atoms with E-state index in [2.05, 4.69) is 0 Å². The van der Waals surface area contributed by atoms with Crippen LogP contribution in [0.15, 0.2) is 54.6 Å². The van der Waals surface area contributed by atoms with Gasteiger partial charge in [-0.15, -0.1) is 0 Å². The molecule has 0 aliphatic carbocycles. The summed E-state index contributed by atoms with van der Waals surface area (Å²) in [6, 6.07) is 13.5. The molecule has 1 aliphatic rings. The number of carbonyl (C=O) groups excluding carboxylic acids is 2. The van der Waals surface area contributed by atoms with Crippen molar-refractivity contribution in [1.82, 2.24) is 0 Å². The van der Waals surface area contributed by atoms with Crippen LogP contribution in [0.3, 0.4) is 0 Å². The Morgan fingerprint density at radius 1 is 1.00 bits per heavy atom. The Morgan fingerprint density at radius 3 is 2.35 bits per heavy atom. The lowest BCUT2D eigenvalue weighted by Gasteiger charge is -1.99. The van der Waals surface area contributed by atoms with Gasteiger partial charge in [0.25, 0.3) is 0 Å². The zero-order valence-corrected chi connectivity index (χ0v) is 11.1. The van der Waals surface area contributed by atoms with Gasteiger partial charge in [-0.1, -0.05) is 29.8 Å². The smallest absolute Gasteiger partial charge is 0.344 e. The van der Waals surface area contributed by atoms with Crippen LogP contribution in [-0.4, -0.2) is 11.8 Å². The molecule has 3 nitrogen and oxygen atoms in total. The molecule has 0 N–H and O–H groups in total. The van der Waals surface area contributed by atoms with Crippen molar-refractivity contribution in [3.63, 3.8) is 0 Å². The first kappa shape index (κ1) is 12.6. The zero-order chi connectivity index (χ0) is 14.1. The molecule has 2 aromatic rings. The third-order valence-corrected chi connectivity index (χ3v) is 3.26. The molecule has 0 radical (unpaired) electrons. The highest BCUT2D eigenvalue weighted by atomic mass is 35.5. The number of halogens is 1. The number of ether oxygens (including phenoxy) is 1. The molecule has 20 heavy (non-hydrogen) atoms. The van der Waals surface area contributed by atoms with Gasteiger partial charge in [0.2, 0.25) is 0 Å². The summed E-state index contributed by atoms with van der Waals surface area (Å²) in [6.07, 6.45) is 1.33. The maximum absolute atomic E-state index is 12.1. The minimum Gasteiger partial charge on any atom is -0.422 e. The molecule has 0 spiro atoms. The molecular weight excluding hydrogens is 276 g/mol. The minimum atomic E-state index is -0.434. The zero-order valence-electron chi connectivity index (χ0n) is 10.3. The fourth-order valence-corrected chi connectivity index (χ4v) is 2.14. The number of benzene rings is 2. The van der Waals surface area contributed by atoms with Crippen LogP contribution in [0.2, 0.25) is 5.02 Å². The average molecular weight is 285 g/mol. The monoisotopic (exact) mass is 284 g/mol. The summed E-state index contributed by atoms with van der Waals surface area (Å²) >= 11 is 5.78. The average Bonchev–Trinajstić information content (AvgIpc) is 2.77. The fraction of sp³-hybridized carbons (Fsp3) is 0. The van der Waals surface area contributed by atoms with E-state index in [4.69, 9.17) is 16.3 Å². The lowest BCUT2D eigenvalue weighted by molar-refractivity contribution is 0.0715. The second-order valence-corrected chi connectivity index (χ2v) is 4.75. The SMILES string of the molecule is O=C(/C=C1/OC(=O)c2ccccc21)c1ccc(Cl)cc1. The van der Waals surface area contributed by atoms with E-state index in [0.717, 1.165) is 0 Å². The molecule has 0 unspecified atom stereocenters. The Bertz CT molecular complexity index is 730. The molecule has 0 saturated heterocycles. The molecule has 0 amide bonds. The molecular formula is C16H9ClO3. The highest BCUT2D eigenvalue weighted by Crippen LogP contribution is 2.29. The predicted molar refractivity (Wildman–Crippen MR) is 75.6 cm³/mol. The van der Waals surface area contributed by atoms with Gasteiger partial charge in [0.15, 0.2) is 5.78 Å². The lowest BCUT2D eigenvalue weighted by atomic mass is 10.1. The molecule has 98 valence electrons. The van der Waals surface area contributed by atoms with Gasteiger partial charge in [-0.05, 0) is 30.3 Å². The van der Waals surface area contributed by atoms with Gasteiger partial charge in [-0.25, -0.2) is 4.79 Å². The topological polar surface area (TPSA) is 43.4 Å². The van der Waals surface area contributed by atoms with E-state index >= 15 is 0 Å². The molecule has 4 heteroatoms. The van der Waals surface area contributed by atoms with Crippen molar-refractivity contribution in [3.05, 3.63) is 76.3 Å². The quantitative estimate of drug-likeness (QED) is 0.479. The Morgan fingerprint density at radius 2 is 1.65 bits per heavy atom. The summed E-state index contributed by atoms with van der Waals surface area (Å²) in [5.41, 5.74) is 1.60. The van der Waals surface area contributed by atoms with Gasteiger partial charge >= 0.3 is 5.97 Å². The molecule has 1 aliphatic heterocycles. The summed E-state index contributed by atoms with van der Waals surface area (Å²) in [4.78, 5) is 23.8. The molecule has 0 fully saturated rings. The van der Waals surface area contributed by atoms with Gasteiger partial charge < -0.3 is 4.74 Å². The van der Waals surface area contributed by atoms with Crippen molar-refractivity contribution < 1.29 is 14.3 Å². The molecule has 2 aromatic carbocycles. The summed E-state index contributed by atoms with van der Waals surface area (Å²) in [6.45, 7) is 0. The van der Waals surface area contributed by atoms with Crippen LogP contribution in [0.4, 0.5) is 0 Å². The number of esters is 1. The Kier molecular flexibility index (Phi) is 3.12. The van der Waals surface area contributed by atoms with Crippen LogP contribution in [0.5, 0.6) is 0 Å². The van der Waals surface area contributed by atoms with E-state index in [1.807, 2.05) is 0 Å². The summed E-state index contributed by atoms with van der Waals surface area (Å²) in [5, 5.41) is 0.562. The van der Waals surface area contributed by atoms with E-state index in [-0.39, 0.29) is 11.5 Å². The van der Waals surface area contributed by atoms with Crippen LogP contribution in [-0.2, 0) is 4.74 Å². The maximum atomic E-state index is 12.1. The van der Waals surface area contributed by atoms with Gasteiger partial charge in [0.05, 0.1) is 5.56 Å². The number of allylic oxidation sites excluding steroid dienone is 1. The molecule has 1 heterocycles. The van der Waals surface area contributed by atoms with Crippen molar-refractivity contribution in [2.75, 3.05) is 0 Å². The van der Waals surface area contributed by atoms with Crippen LogP contribution >= 0.6 is 11.6 Å². The second-order valence-electron chi connectivity index (χ2n) is 4.31. The number of rotatable bonds is 2. The largest absolute Gasteiger partial charge is 0.422 e. The van der Waals surface area contributed by atoms with E-state index in [1.165, 1.54) is 6.08 Å². The van der Waals surface area contributed by atoms with Crippen LogP contribution in [0.25, 0.3) is 5.76 Å². The summed E-state index contributed by atoms with van der Waals surface area (Å²) < 4.78 is 5.12. The molecule has 3 rings (SSSR count). The minimum absolute atomic E-state index is 0.235. The predicted octanol–water partition coefficient (Wildman–Crippen LogP) is 3.73. The first-order valence-corrected chi connectivity index (χ1v) is 6.36. The fourth-order valence-electron chi connectivity index (χ4n) is 2.01. The van der Waals surface area contributed by atoms with Crippen molar-refractivity contribution in [2.45, 2.75) is 0 Å². The molecule has 0 saturated carbocycles.